The van der Waals surface area contributed by atoms with E-state index in [1.807, 2.05) is 12.0 Å². The SMILES string of the molecule is CCC1C=CC(=C=O)CC1. The van der Waals surface area contributed by atoms with Crippen LogP contribution in [0, 0.1) is 5.92 Å². The second-order valence-electron chi connectivity index (χ2n) is 2.69. The van der Waals surface area contributed by atoms with E-state index in [0.717, 1.165) is 18.4 Å². The van der Waals surface area contributed by atoms with Gasteiger partial charge in [-0.25, -0.2) is 4.79 Å². The highest BCUT2D eigenvalue weighted by Crippen LogP contribution is 2.21. The van der Waals surface area contributed by atoms with Crippen molar-refractivity contribution >= 4 is 5.94 Å². The van der Waals surface area contributed by atoms with Gasteiger partial charge in [0.2, 0.25) is 0 Å². The van der Waals surface area contributed by atoms with E-state index in [9.17, 15) is 4.79 Å². The summed E-state index contributed by atoms with van der Waals surface area (Å²) in [4.78, 5) is 10.1. The molecule has 1 unspecified atom stereocenters. The molecule has 0 aromatic heterocycles. The van der Waals surface area contributed by atoms with Crippen LogP contribution in [0.3, 0.4) is 0 Å². The van der Waals surface area contributed by atoms with Gasteiger partial charge in [-0.3, -0.25) is 0 Å². The molecule has 54 valence electrons. The Balaban J connectivity index is 2.60. The van der Waals surface area contributed by atoms with Crippen LogP contribution < -0.4 is 0 Å². The molecule has 0 amide bonds. The van der Waals surface area contributed by atoms with Gasteiger partial charge in [-0.2, -0.15) is 0 Å². The van der Waals surface area contributed by atoms with Crippen LogP contribution in [0.1, 0.15) is 26.2 Å². The van der Waals surface area contributed by atoms with E-state index in [0.29, 0.717) is 5.92 Å². The van der Waals surface area contributed by atoms with Crippen molar-refractivity contribution in [1.29, 1.82) is 0 Å². The third-order valence-electron chi connectivity index (χ3n) is 2.01. The molecule has 0 spiro atoms. The van der Waals surface area contributed by atoms with Crippen LogP contribution in [0.4, 0.5) is 0 Å². The van der Waals surface area contributed by atoms with Gasteiger partial charge >= 0.3 is 0 Å². The maximum atomic E-state index is 10.1. The summed E-state index contributed by atoms with van der Waals surface area (Å²) in [6.07, 6.45) is 7.24. The van der Waals surface area contributed by atoms with Crippen molar-refractivity contribution < 1.29 is 4.79 Å². The Morgan fingerprint density at radius 1 is 1.80 bits per heavy atom. The molecule has 0 fully saturated rings. The van der Waals surface area contributed by atoms with E-state index in [4.69, 9.17) is 0 Å². The molecule has 1 heteroatoms. The fraction of sp³-hybridized carbons (Fsp3) is 0.556. The molecule has 0 aromatic carbocycles. The topological polar surface area (TPSA) is 17.1 Å². The average molecular weight is 136 g/mol. The van der Waals surface area contributed by atoms with E-state index in [2.05, 4.69) is 13.0 Å². The highest BCUT2D eigenvalue weighted by Gasteiger charge is 2.08. The predicted molar refractivity (Wildman–Crippen MR) is 41.4 cm³/mol. The van der Waals surface area contributed by atoms with Gasteiger partial charge in [0, 0.05) is 5.57 Å². The van der Waals surface area contributed by atoms with Crippen LogP contribution in [-0.4, -0.2) is 5.94 Å². The number of hydrogen-bond acceptors (Lipinski definition) is 1. The molecular weight excluding hydrogens is 124 g/mol. The molecule has 0 saturated heterocycles. The zero-order valence-corrected chi connectivity index (χ0v) is 6.26. The van der Waals surface area contributed by atoms with Crippen LogP contribution in [0.5, 0.6) is 0 Å². The first-order valence-corrected chi connectivity index (χ1v) is 3.79. The van der Waals surface area contributed by atoms with Gasteiger partial charge in [0.1, 0.15) is 5.94 Å². The highest BCUT2D eigenvalue weighted by molar-refractivity contribution is 5.57. The van der Waals surface area contributed by atoms with E-state index >= 15 is 0 Å². The second-order valence-corrected chi connectivity index (χ2v) is 2.69. The minimum atomic E-state index is 0.692. The summed E-state index contributed by atoms with van der Waals surface area (Å²) >= 11 is 0. The maximum Gasteiger partial charge on any atom is 0.127 e. The molecule has 10 heavy (non-hydrogen) atoms. The van der Waals surface area contributed by atoms with Crippen molar-refractivity contribution in [3.05, 3.63) is 17.7 Å². The van der Waals surface area contributed by atoms with Crippen molar-refractivity contribution in [3.8, 4) is 0 Å². The minimum absolute atomic E-state index is 0.692. The van der Waals surface area contributed by atoms with Gasteiger partial charge in [-0.15, -0.1) is 0 Å². The summed E-state index contributed by atoms with van der Waals surface area (Å²) in [5.74, 6) is 2.62. The molecule has 0 saturated carbocycles. The highest BCUT2D eigenvalue weighted by atomic mass is 16.1. The lowest BCUT2D eigenvalue weighted by atomic mass is 9.91. The number of rotatable bonds is 1. The molecular formula is C9H12O. The number of allylic oxidation sites excluding steroid dienone is 3. The maximum absolute atomic E-state index is 10.1. The molecule has 0 aliphatic heterocycles. The lowest BCUT2D eigenvalue weighted by Gasteiger charge is -2.13. The molecule has 0 heterocycles. The minimum Gasteiger partial charge on any atom is -0.233 e. The Bertz CT molecular complexity index is 185. The van der Waals surface area contributed by atoms with Gasteiger partial charge in [0.15, 0.2) is 0 Å². The largest absolute Gasteiger partial charge is 0.233 e. The molecule has 0 aromatic rings. The van der Waals surface area contributed by atoms with Gasteiger partial charge in [0.25, 0.3) is 0 Å². The van der Waals surface area contributed by atoms with Crippen LogP contribution in [-0.2, 0) is 4.79 Å². The lowest BCUT2D eigenvalue weighted by Crippen LogP contribution is -2.00. The van der Waals surface area contributed by atoms with Crippen molar-refractivity contribution in [1.82, 2.24) is 0 Å². The Kier molecular flexibility index (Phi) is 2.47. The standard InChI is InChI=1S/C9H12O/c1-2-8-3-5-9(7-10)6-4-8/h3,5,8H,2,4,6H2,1H3. The monoisotopic (exact) mass is 136 g/mol. The molecule has 0 N–H and O–H groups in total. The molecule has 0 bridgehead atoms. The molecule has 1 aliphatic carbocycles. The summed E-state index contributed by atoms with van der Waals surface area (Å²) in [5, 5.41) is 0. The van der Waals surface area contributed by atoms with Crippen LogP contribution in [0.2, 0.25) is 0 Å². The van der Waals surface area contributed by atoms with Gasteiger partial charge in [0.05, 0.1) is 0 Å². The Hall–Kier alpha value is -0.810. The molecule has 1 rings (SSSR count). The Morgan fingerprint density at radius 3 is 3.00 bits per heavy atom. The van der Waals surface area contributed by atoms with Gasteiger partial charge in [-0.05, 0) is 25.2 Å². The summed E-state index contributed by atoms with van der Waals surface area (Å²) in [7, 11) is 0. The normalized spacial score (nSPS) is 24.5. The Labute approximate surface area is 61.4 Å². The predicted octanol–water partition coefficient (Wildman–Crippen LogP) is 2.12. The van der Waals surface area contributed by atoms with Crippen molar-refractivity contribution in [2.75, 3.05) is 0 Å². The molecule has 1 atom stereocenters. The smallest absolute Gasteiger partial charge is 0.127 e. The van der Waals surface area contributed by atoms with Gasteiger partial charge in [-0.1, -0.05) is 19.1 Å². The third-order valence-corrected chi connectivity index (χ3v) is 2.01. The van der Waals surface area contributed by atoms with E-state index < -0.39 is 0 Å². The number of hydrogen-bond donors (Lipinski definition) is 0. The van der Waals surface area contributed by atoms with E-state index in [-0.39, 0.29) is 0 Å². The Morgan fingerprint density at radius 2 is 2.60 bits per heavy atom. The zero-order valence-electron chi connectivity index (χ0n) is 6.26. The first-order valence-electron chi connectivity index (χ1n) is 3.79. The molecule has 1 aliphatic rings. The van der Waals surface area contributed by atoms with Crippen LogP contribution >= 0.6 is 0 Å². The molecule has 0 radical (unpaired) electrons. The quantitative estimate of drug-likeness (QED) is 0.504. The fourth-order valence-electron chi connectivity index (χ4n) is 1.20. The van der Waals surface area contributed by atoms with Gasteiger partial charge < -0.3 is 0 Å². The van der Waals surface area contributed by atoms with E-state index in [1.165, 1.54) is 6.42 Å². The summed E-state index contributed by atoms with van der Waals surface area (Å²) in [6, 6.07) is 0. The van der Waals surface area contributed by atoms with Crippen LogP contribution in [0.25, 0.3) is 0 Å². The first kappa shape index (κ1) is 7.30. The summed E-state index contributed by atoms with van der Waals surface area (Å²) < 4.78 is 0. The third kappa shape index (κ3) is 1.58. The average Bonchev–Trinajstić information content (AvgIpc) is 2.05. The van der Waals surface area contributed by atoms with Crippen molar-refractivity contribution in [3.63, 3.8) is 0 Å². The summed E-state index contributed by atoms with van der Waals surface area (Å²) in [5.41, 5.74) is 0.824. The van der Waals surface area contributed by atoms with Crippen LogP contribution in [0.15, 0.2) is 17.7 Å². The second kappa shape index (κ2) is 3.38. The fourth-order valence-corrected chi connectivity index (χ4v) is 1.20. The van der Waals surface area contributed by atoms with Crippen molar-refractivity contribution in [2.45, 2.75) is 26.2 Å². The first-order chi connectivity index (χ1) is 4.86. The van der Waals surface area contributed by atoms with Crippen molar-refractivity contribution in [2.24, 2.45) is 5.92 Å². The summed E-state index contributed by atoms with van der Waals surface area (Å²) in [6.45, 7) is 2.17. The van der Waals surface area contributed by atoms with E-state index in [1.54, 1.807) is 0 Å². The number of carbonyl (C=O) groups excluding carboxylic acids is 1. The zero-order chi connectivity index (χ0) is 7.40. The molecule has 1 nitrogen and oxygen atoms in total. The lowest BCUT2D eigenvalue weighted by molar-refractivity contribution is 0.548.